The maximum absolute atomic E-state index is 13.1. The number of benzene rings is 1. The van der Waals surface area contributed by atoms with Crippen molar-refractivity contribution in [2.75, 3.05) is 36.8 Å². The van der Waals surface area contributed by atoms with Crippen molar-refractivity contribution in [2.24, 2.45) is 0 Å². The number of fused-ring (bicyclic) bond motifs is 1. The number of rotatable bonds is 13. The van der Waals surface area contributed by atoms with Gasteiger partial charge in [0, 0.05) is 57.8 Å². The molecule has 5 rings (SSSR count). The van der Waals surface area contributed by atoms with E-state index in [0.29, 0.717) is 18.2 Å². The van der Waals surface area contributed by atoms with Gasteiger partial charge in [0.1, 0.15) is 11.5 Å². The van der Waals surface area contributed by atoms with Crippen LogP contribution in [0.25, 0.3) is 15.8 Å². The molecule has 4 heterocycles. The zero-order valence-electron chi connectivity index (χ0n) is 26.3. The van der Waals surface area contributed by atoms with Crippen LogP contribution in [0.4, 0.5) is 5.95 Å². The minimum absolute atomic E-state index is 0.0753. The zero-order chi connectivity index (χ0) is 32.0. The number of sulfone groups is 1. The third-order valence-corrected chi connectivity index (χ3v) is 10.8. The molecule has 1 aromatic carbocycles. The van der Waals surface area contributed by atoms with Gasteiger partial charge in [0.25, 0.3) is 5.19 Å². The molecule has 3 aromatic rings. The summed E-state index contributed by atoms with van der Waals surface area (Å²) in [5.41, 5.74) is 2.96. The SMILES string of the molecule is CCCc1cnc(N2CCC(Oc3nc4ccc(C5=CC(S(=O)(=O)CCCC(=O)NCC(C)(C)O)NCC5)cc4s3)CC2)nc1. The van der Waals surface area contributed by atoms with Gasteiger partial charge < -0.3 is 20.1 Å². The number of hydrogen-bond acceptors (Lipinski definition) is 11. The van der Waals surface area contributed by atoms with Gasteiger partial charge in [0.05, 0.1) is 21.6 Å². The molecule has 1 fully saturated rings. The van der Waals surface area contributed by atoms with Crippen molar-refractivity contribution in [3.63, 3.8) is 0 Å². The van der Waals surface area contributed by atoms with Crippen molar-refractivity contribution in [2.45, 2.75) is 82.8 Å². The van der Waals surface area contributed by atoms with Gasteiger partial charge in [0.15, 0.2) is 9.84 Å². The second kappa shape index (κ2) is 14.5. The lowest BCUT2D eigenvalue weighted by molar-refractivity contribution is -0.122. The van der Waals surface area contributed by atoms with Crippen molar-refractivity contribution >= 4 is 48.8 Å². The molecule has 0 saturated carbocycles. The second-order valence-electron chi connectivity index (χ2n) is 12.5. The molecule has 0 radical (unpaired) electrons. The molecule has 1 saturated heterocycles. The summed E-state index contributed by atoms with van der Waals surface area (Å²) in [6, 6.07) is 6.02. The molecule has 0 bridgehead atoms. The predicted molar refractivity (Wildman–Crippen MR) is 178 cm³/mol. The first kappa shape index (κ1) is 33.2. The number of carbonyl (C=O) groups excluding carboxylic acids is 1. The Bertz CT molecular complexity index is 1590. The average molecular weight is 657 g/mol. The van der Waals surface area contributed by atoms with Crippen LogP contribution in [-0.2, 0) is 21.1 Å². The standard InChI is InChI=1S/C32H44N6O5S2/c1-4-6-22-19-34-30(35-20-22)38-14-11-25(12-15-38)43-31-37-26-9-8-23(17-27(26)44-31)24-10-13-33-29(18-24)45(41,42)16-5-7-28(39)36-21-32(2,3)40/h8-9,17-20,25,29,33,40H,4-7,10-16,21H2,1-3H3,(H,36,39). The third-order valence-electron chi connectivity index (χ3n) is 7.99. The van der Waals surface area contributed by atoms with E-state index < -0.39 is 20.8 Å². The molecule has 2 aliphatic rings. The van der Waals surface area contributed by atoms with E-state index in [0.717, 1.165) is 71.6 Å². The van der Waals surface area contributed by atoms with Gasteiger partial charge in [-0.15, -0.1) is 0 Å². The average Bonchev–Trinajstić information content (AvgIpc) is 3.42. The Morgan fingerprint density at radius 1 is 1.22 bits per heavy atom. The van der Waals surface area contributed by atoms with Crippen molar-refractivity contribution in [3.8, 4) is 5.19 Å². The lowest BCUT2D eigenvalue weighted by Gasteiger charge is -2.31. The van der Waals surface area contributed by atoms with E-state index in [1.54, 1.807) is 19.9 Å². The highest BCUT2D eigenvalue weighted by Gasteiger charge is 2.27. The van der Waals surface area contributed by atoms with E-state index in [4.69, 9.17) is 9.72 Å². The fourth-order valence-corrected chi connectivity index (χ4v) is 7.97. The normalized spacial score (nSPS) is 18.2. The Hall–Kier alpha value is -3.13. The van der Waals surface area contributed by atoms with Gasteiger partial charge in [-0.05, 0) is 68.0 Å². The number of aliphatic hydroxyl groups is 1. The van der Waals surface area contributed by atoms with Crippen LogP contribution in [0.1, 0.15) is 70.4 Å². The number of anilines is 1. The molecule has 13 heteroatoms. The second-order valence-corrected chi connectivity index (χ2v) is 15.7. The Morgan fingerprint density at radius 2 is 1.98 bits per heavy atom. The smallest absolute Gasteiger partial charge is 0.274 e. The molecular formula is C32H44N6O5S2. The first-order chi connectivity index (χ1) is 21.5. The lowest BCUT2D eigenvalue weighted by atomic mass is 10.0. The number of amides is 1. The monoisotopic (exact) mass is 656 g/mol. The molecule has 45 heavy (non-hydrogen) atoms. The maximum atomic E-state index is 13.1. The van der Waals surface area contributed by atoms with Crippen LogP contribution in [0.5, 0.6) is 5.19 Å². The highest BCUT2D eigenvalue weighted by molar-refractivity contribution is 7.92. The largest absolute Gasteiger partial charge is 0.467 e. The minimum atomic E-state index is -3.50. The van der Waals surface area contributed by atoms with Crippen LogP contribution in [0, 0.1) is 0 Å². The number of aromatic nitrogens is 3. The van der Waals surface area contributed by atoms with Crippen molar-refractivity contribution in [1.29, 1.82) is 0 Å². The first-order valence-electron chi connectivity index (χ1n) is 15.8. The highest BCUT2D eigenvalue weighted by Crippen LogP contribution is 2.33. The van der Waals surface area contributed by atoms with Crippen LogP contribution in [0.15, 0.2) is 36.7 Å². The van der Waals surface area contributed by atoms with Crippen molar-refractivity contribution in [1.82, 2.24) is 25.6 Å². The molecule has 244 valence electrons. The van der Waals surface area contributed by atoms with E-state index in [9.17, 15) is 18.3 Å². The van der Waals surface area contributed by atoms with Crippen LogP contribution < -0.4 is 20.3 Å². The van der Waals surface area contributed by atoms with E-state index >= 15 is 0 Å². The van der Waals surface area contributed by atoms with E-state index in [1.807, 2.05) is 24.5 Å². The lowest BCUT2D eigenvalue weighted by Crippen LogP contribution is -2.40. The number of carbonyl (C=O) groups is 1. The van der Waals surface area contributed by atoms with Crippen molar-refractivity contribution < 1.29 is 23.1 Å². The van der Waals surface area contributed by atoms with E-state index in [-0.39, 0.29) is 37.2 Å². The van der Waals surface area contributed by atoms with Gasteiger partial charge >= 0.3 is 0 Å². The fourth-order valence-electron chi connectivity index (χ4n) is 5.51. The molecule has 2 aliphatic heterocycles. The van der Waals surface area contributed by atoms with Gasteiger partial charge in [-0.25, -0.2) is 23.4 Å². The molecule has 1 atom stereocenters. The van der Waals surface area contributed by atoms with Crippen molar-refractivity contribution in [3.05, 3.63) is 47.8 Å². The number of hydrogen-bond donors (Lipinski definition) is 3. The first-order valence-corrected chi connectivity index (χ1v) is 18.3. The summed E-state index contributed by atoms with van der Waals surface area (Å²) in [6.45, 7) is 7.68. The predicted octanol–water partition coefficient (Wildman–Crippen LogP) is 3.87. The molecule has 3 N–H and O–H groups in total. The fraction of sp³-hybridized carbons (Fsp3) is 0.562. The Balaban J connectivity index is 1.15. The quantitative estimate of drug-likeness (QED) is 0.248. The molecular weight excluding hydrogens is 613 g/mol. The molecule has 1 amide bonds. The third kappa shape index (κ3) is 9.21. The van der Waals surface area contributed by atoms with Gasteiger partial charge in [-0.3, -0.25) is 10.1 Å². The molecule has 0 spiro atoms. The number of thiazole rings is 1. The number of nitrogens with zero attached hydrogens (tertiary/aromatic N) is 4. The molecule has 1 unspecified atom stereocenters. The van der Waals surface area contributed by atoms with Gasteiger partial charge in [-0.2, -0.15) is 0 Å². The highest BCUT2D eigenvalue weighted by atomic mass is 32.2. The van der Waals surface area contributed by atoms with E-state index in [2.05, 4.69) is 38.5 Å². The summed E-state index contributed by atoms with van der Waals surface area (Å²) in [7, 11) is -3.50. The van der Waals surface area contributed by atoms with E-state index in [1.165, 1.54) is 11.3 Å². The Kier molecular flexibility index (Phi) is 10.7. The van der Waals surface area contributed by atoms with Crippen LogP contribution in [0.2, 0.25) is 0 Å². The molecule has 0 aliphatic carbocycles. The zero-order valence-corrected chi connectivity index (χ0v) is 27.9. The maximum Gasteiger partial charge on any atom is 0.274 e. The number of aryl methyl sites for hydroxylation is 1. The topological polar surface area (TPSA) is 147 Å². The number of piperidine rings is 1. The number of nitrogens with one attached hydrogen (secondary N) is 2. The van der Waals surface area contributed by atoms with Crippen LogP contribution in [-0.4, -0.2) is 83.4 Å². The summed E-state index contributed by atoms with van der Waals surface area (Å²) in [6.07, 6.45) is 10.5. The molecule has 11 nitrogen and oxygen atoms in total. The Labute approximate surface area is 269 Å². The van der Waals surface area contributed by atoms with Crippen LogP contribution >= 0.6 is 11.3 Å². The summed E-state index contributed by atoms with van der Waals surface area (Å²) >= 11 is 1.51. The summed E-state index contributed by atoms with van der Waals surface area (Å²) in [5, 5.41) is 15.3. The van der Waals surface area contributed by atoms with Crippen LogP contribution in [0.3, 0.4) is 0 Å². The summed E-state index contributed by atoms with van der Waals surface area (Å²) in [4.78, 5) is 28.1. The number of ether oxygens (including phenoxy) is 1. The summed E-state index contributed by atoms with van der Waals surface area (Å²) in [5.74, 6) is 0.402. The van der Waals surface area contributed by atoms with Gasteiger partial charge in [-0.1, -0.05) is 30.7 Å². The summed E-state index contributed by atoms with van der Waals surface area (Å²) < 4.78 is 33.5. The van der Waals surface area contributed by atoms with Gasteiger partial charge in [0.2, 0.25) is 11.9 Å². The Morgan fingerprint density at radius 3 is 2.69 bits per heavy atom. The molecule has 2 aromatic heterocycles. The minimum Gasteiger partial charge on any atom is -0.467 e.